The number of rotatable bonds is 9. The van der Waals surface area contributed by atoms with Gasteiger partial charge in [-0.05, 0) is 92.7 Å². The van der Waals surface area contributed by atoms with Crippen molar-refractivity contribution < 1.29 is 23.9 Å². The number of amides is 4. The number of hydrogen-bond acceptors (Lipinski definition) is 9. The molecule has 3 fully saturated rings. The summed E-state index contributed by atoms with van der Waals surface area (Å²) in [5.74, 6) is -0.843. The summed E-state index contributed by atoms with van der Waals surface area (Å²) in [5.41, 5.74) is 6.25. The van der Waals surface area contributed by atoms with Gasteiger partial charge in [0.1, 0.15) is 6.04 Å². The summed E-state index contributed by atoms with van der Waals surface area (Å²) in [5, 5.41) is 10.3. The lowest BCUT2D eigenvalue weighted by Gasteiger charge is -2.35. The Bertz CT molecular complexity index is 1930. The second kappa shape index (κ2) is 12.6. The van der Waals surface area contributed by atoms with Crippen LogP contribution >= 0.6 is 0 Å². The van der Waals surface area contributed by atoms with E-state index in [1.807, 2.05) is 12.4 Å². The number of carbonyl (C=O) groups is 4. The third-order valence-electron chi connectivity index (χ3n) is 10.3. The number of piperidine rings is 1. The second-order valence-corrected chi connectivity index (χ2v) is 13.4. The molecule has 0 spiro atoms. The number of aromatic nitrogens is 4. The van der Waals surface area contributed by atoms with Crippen molar-refractivity contribution in [2.24, 2.45) is 5.92 Å². The van der Waals surface area contributed by atoms with E-state index in [9.17, 15) is 19.2 Å². The largest absolute Gasteiger partial charge is 0.385 e. The molecule has 1 atom stereocenters. The first kappa shape index (κ1) is 30.4. The molecule has 48 heavy (non-hydrogen) atoms. The molecule has 8 rings (SSSR count). The molecular weight excluding hydrogens is 610 g/mol. The van der Waals surface area contributed by atoms with Crippen molar-refractivity contribution in [2.75, 3.05) is 25.1 Å². The van der Waals surface area contributed by atoms with E-state index >= 15 is 0 Å². The fourth-order valence-corrected chi connectivity index (χ4v) is 7.48. The first-order valence-corrected chi connectivity index (χ1v) is 16.9. The van der Waals surface area contributed by atoms with Crippen molar-refractivity contribution in [3.05, 3.63) is 71.7 Å². The van der Waals surface area contributed by atoms with Gasteiger partial charge in [-0.15, -0.1) is 0 Å². The Kier molecular flexibility index (Phi) is 7.95. The third kappa shape index (κ3) is 5.74. The van der Waals surface area contributed by atoms with Gasteiger partial charge < -0.3 is 10.1 Å². The van der Waals surface area contributed by atoms with Crippen LogP contribution in [-0.4, -0.2) is 74.1 Å². The van der Waals surface area contributed by atoms with Gasteiger partial charge in [-0.2, -0.15) is 5.10 Å². The first-order valence-electron chi connectivity index (χ1n) is 16.9. The molecule has 2 aromatic carbocycles. The van der Waals surface area contributed by atoms with Gasteiger partial charge in [0.25, 0.3) is 11.8 Å². The predicted octanol–water partition coefficient (Wildman–Crippen LogP) is 4.63. The minimum Gasteiger partial charge on any atom is -0.385 e. The molecule has 5 heterocycles. The van der Waals surface area contributed by atoms with Crippen molar-refractivity contribution in [3.8, 4) is 11.3 Å². The van der Waals surface area contributed by atoms with Crippen LogP contribution in [0, 0.1) is 5.92 Å². The highest BCUT2D eigenvalue weighted by Gasteiger charge is 2.44. The van der Waals surface area contributed by atoms with Crippen LogP contribution in [0.3, 0.4) is 0 Å². The minimum atomic E-state index is -0.963. The molecule has 4 amide bonds. The molecule has 12 nitrogen and oxygen atoms in total. The summed E-state index contributed by atoms with van der Waals surface area (Å²) in [6.45, 7) is 2.37. The van der Waals surface area contributed by atoms with Gasteiger partial charge in [-0.3, -0.25) is 39.1 Å². The molecule has 1 unspecified atom stereocenters. The monoisotopic (exact) mass is 647 g/mol. The van der Waals surface area contributed by atoms with Crippen molar-refractivity contribution in [1.82, 2.24) is 30.0 Å². The van der Waals surface area contributed by atoms with E-state index in [2.05, 4.69) is 44.8 Å². The molecule has 246 valence electrons. The number of hydrogen-bond donors (Lipinski definition) is 2. The fraction of sp³-hybridized carbons (Fsp3) is 0.417. The maximum atomic E-state index is 13.1. The standard InChI is InChI=1S/C36H37N7O5/c44-33-8-7-32(34(45)41-33)43-35(46)27-5-4-25(17-28(27)36(43)47)37-11-1-2-21-14-26(15-21)42-20-24(18-39-42)31-19-38-30-16-23(3-6-29(30)40-31)22-9-12-48-13-10-22/h3-6,16-22,26,32,37H,1-2,7-15H2,(H,41,44,45)/t21-,26+,32?. The predicted molar refractivity (Wildman–Crippen MR) is 176 cm³/mol. The number of anilines is 1. The van der Waals surface area contributed by atoms with Crippen LogP contribution in [0.5, 0.6) is 0 Å². The molecule has 2 saturated heterocycles. The topological polar surface area (TPSA) is 148 Å². The summed E-state index contributed by atoms with van der Waals surface area (Å²) < 4.78 is 7.57. The molecule has 2 N–H and O–H groups in total. The molecule has 2 aromatic heterocycles. The summed E-state index contributed by atoms with van der Waals surface area (Å²) in [7, 11) is 0. The second-order valence-electron chi connectivity index (χ2n) is 13.4. The van der Waals surface area contributed by atoms with E-state index in [0.29, 0.717) is 17.9 Å². The lowest BCUT2D eigenvalue weighted by Crippen LogP contribution is -2.54. The molecular formula is C36H37N7O5. The Morgan fingerprint density at radius 3 is 2.58 bits per heavy atom. The van der Waals surface area contributed by atoms with E-state index in [4.69, 9.17) is 14.7 Å². The smallest absolute Gasteiger partial charge is 0.262 e. The molecule has 4 aliphatic rings. The summed E-state index contributed by atoms with van der Waals surface area (Å²) in [6, 6.07) is 10.9. The Morgan fingerprint density at radius 2 is 1.75 bits per heavy atom. The third-order valence-corrected chi connectivity index (χ3v) is 10.3. The number of fused-ring (bicyclic) bond motifs is 2. The lowest BCUT2D eigenvalue weighted by molar-refractivity contribution is -0.136. The van der Waals surface area contributed by atoms with Gasteiger partial charge in [0.15, 0.2) is 0 Å². The number of carbonyl (C=O) groups excluding carboxylic acids is 4. The Balaban J connectivity index is 0.809. The van der Waals surface area contributed by atoms with Gasteiger partial charge in [-0.1, -0.05) is 6.07 Å². The van der Waals surface area contributed by atoms with Crippen molar-refractivity contribution in [1.29, 1.82) is 0 Å². The highest BCUT2D eigenvalue weighted by atomic mass is 16.5. The quantitative estimate of drug-likeness (QED) is 0.196. The average Bonchev–Trinajstić information content (AvgIpc) is 3.66. The van der Waals surface area contributed by atoms with Crippen molar-refractivity contribution >= 4 is 40.3 Å². The van der Waals surface area contributed by atoms with Crippen LogP contribution in [0.15, 0.2) is 55.0 Å². The highest BCUT2D eigenvalue weighted by Crippen LogP contribution is 2.40. The van der Waals surface area contributed by atoms with Gasteiger partial charge in [0.2, 0.25) is 11.8 Å². The summed E-state index contributed by atoms with van der Waals surface area (Å²) in [4.78, 5) is 60.5. The van der Waals surface area contributed by atoms with Crippen molar-refractivity contribution in [2.45, 2.75) is 69.4 Å². The Hall–Kier alpha value is -4.97. The van der Waals surface area contributed by atoms with Gasteiger partial charge >= 0.3 is 0 Å². The maximum absolute atomic E-state index is 13.1. The zero-order chi connectivity index (χ0) is 32.8. The van der Waals surface area contributed by atoms with Crippen LogP contribution in [0.4, 0.5) is 5.69 Å². The summed E-state index contributed by atoms with van der Waals surface area (Å²) in [6.07, 6.45) is 12.3. The molecule has 1 saturated carbocycles. The zero-order valence-corrected chi connectivity index (χ0v) is 26.6. The van der Waals surface area contributed by atoms with E-state index in [-0.39, 0.29) is 29.9 Å². The maximum Gasteiger partial charge on any atom is 0.262 e. The van der Waals surface area contributed by atoms with Crippen LogP contribution in [0.2, 0.25) is 0 Å². The molecule has 0 radical (unpaired) electrons. The average molecular weight is 648 g/mol. The van der Waals surface area contributed by atoms with E-state index in [1.54, 1.807) is 18.2 Å². The Morgan fingerprint density at radius 1 is 0.917 bits per heavy atom. The van der Waals surface area contributed by atoms with E-state index in [0.717, 1.165) is 91.2 Å². The molecule has 3 aliphatic heterocycles. The minimum absolute atomic E-state index is 0.0974. The fourth-order valence-electron chi connectivity index (χ4n) is 7.48. The van der Waals surface area contributed by atoms with E-state index < -0.39 is 23.8 Å². The molecule has 1 aliphatic carbocycles. The number of nitrogens with one attached hydrogen (secondary N) is 2. The first-order chi connectivity index (χ1) is 23.4. The van der Waals surface area contributed by atoms with Gasteiger partial charge in [0.05, 0.1) is 46.3 Å². The molecule has 0 bridgehead atoms. The van der Waals surface area contributed by atoms with Gasteiger partial charge in [0, 0.05) is 43.6 Å². The highest BCUT2D eigenvalue weighted by molar-refractivity contribution is 6.23. The number of nitrogens with zero attached hydrogens (tertiary/aromatic N) is 5. The molecule has 4 aromatic rings. The van der Waals surface area contributed by atoms with Crippen LogP contribution in [0.1, 0.15) is 89.6 Å². The van der Waals surface area contributed by atoms with Gasteiger partial charge in [-0.25, -0.2) is 4.98 Å². The number of benzene rings is 2. The normalized spacial score (nSPS) is 22.9. The van der Waals surface area contributed by atoms with E-state index in [1.165, 1.54) is 5.56 Å². The SMILES string of the molecule is O=C1CCC(N2C(=O)c3ccc(NCCC[C@H]4C[C@@H](n5cc(-c6cnc7cc(C8CCOCC8)ccc7n6)cn5)C4)cc3C2=O)C(=O)N1. The summed E-state index contributed by atoms with van der Waals surface area (Å²) >= 11 is 0. The van der Waals surface area contributed by atoms with Crippen LogP contribution in [0.25, 0.3) is 22.3 Å². The van der Waals surface area contributed by atoms with Crippen molar-refractivity contribution in [3.63, 3.8) is 0 Å². The number of imide groups is 2. The zero-order valence-electron chi connectivity index (χ0n) is 26.6. The number of ether oxygens (including phenoxy) is 1. The lowest BCUT2D eigenvalue weighted by atomic mass is 9.77. The van der Waals surface area contributed by atoms with Crippen LogP contribution < -0.4 is 10.6 Å². The molecule has 12 heteroatoms. The Labute approximate surface area is 277 Å². The van der Waals surface area contributed by atoms with Crippen LogP contribution in [-0.2, 0) is 14.3 Å².